The van der Waals surface area contributed by atoms with E-state index in [2.05, 4.69) is 4.72 Å². The molecule has 1 unspecified atom stereocenters. The zero-order valence-electron chi connectivity index (χ0n) is 11.0. The lowest BCUT2D eigenvalue weighted by Crippen LogP contribution is -2.43. The van der Waals surface area contributed by atoms with E-state index in [9.17, 15) is 8.42 Å². The lowest BCUT2D eigenvalue weighted by atomic mass is 10.1. The van der Waals surface area contributed by atoms with Gasteiger partial charge < -0.3 is 4.74 Å². The molecule has 0 radical (unpaired) electrons. The molecule has 1 atom stereocenters. The lowest BCUT2D eigenvalue weighted by Gasteiger charge is -2.30. The van der Waals surface area contributed by atoms with Crippen LogP contribution in [0.1, 0.15) is 13.3 Å². The van der Waals surface area contributed by atoms with Gasteiger partial charge in [0.1, 0.15) is 0 Å². The first kappa shape index (κ1) is 13.8. The molecular formula is C14H17NO3S. The molecule has 0 spiro atoms. The summed E-state index contributed by atoms with van der Waals surface area (Å²) >= 11 is 0. The molecule has 5 heteroatoms. The molecule has 0 heterocycles. The predicted molar refractivity (Wildman–Crippen MR) is 76.2 cm³/mol. The van der Waals surface area contributed by atoms with Crippen LogP contribution in [0.15, 0.2) is 54.1 Å². The Morgan fingerprint density at radius 3 is 2.47 bits per heavy atom. The topological polar surface area (TPSA) is 55.4 Å². The van der Waals surface area contributed by atoms with Crippen LogP contribution in [0, 0.1) is 0 Å². The Labute approximate surface area is 113 Å². The fourth-order valence-electron chi connectivity index (χ4n) is 1.91. The zero-order chi connectivity index (χ0) is 13.9. The van der Waals surface area contributed by atoms with Gasteiger partial charge in [0, 0.05) is 19.2 Å². The molecule has 0 fully saturated rings. The van der Waals surface area contributed by atoms with Crippen molar-refractivity contribution in [3.63, 3.8) is 0 Å². The third-order valence-electron chi connectivity index (χ3n) is 3.14. The van der Waals surface area contributed by atoms with Crippen molar-refractivity contribution in [2.45, 2.75) is 18.3 Å². The van der Waals surface area contributed by atoms with Crippen molar-refractivity contribution in [1.29, 1.82) is 0 Å². The Bertz CT molecular complexity index is 605. The summed E-state index contributed by atoms with van der Waals surface area (Å²) in [4.78, 5) is -1.34. The van der Waals surface area contributed by atoms with E-state index < -0.39 is 15.0 Å². The molecule has 19 heavy (non-hydrogen) atoms. The van der Waals surface area contributed by atoms with Crippen LogP contribution in [0.2, 0.25) is 0 Å². The van der Waals surface area contributed by atoms with Crippen LogP contribution in [0.4, 0.5) is 5.69 Å². The molecular weight excluding hydrogens is 262 g/mol. The van der Waals surface area contributed by atoms with Crippen LogP contribution in [0.3, 0.4) is 0 Å². The van der Waals surface area contributed by atoms with E-state index in [1.54, 1.807) is 36.4 Å². The number of anilines is 1. The SMILES string of the molecule is COC1(S(=O)(=O)Nc2ccccc2)C=CC(C)=CC1. The number of sulfonamides is 1. The van der Waals surface area contributed by atoms with E-state index in [1.165, 1.54) is 7.11 Å². The Morgan fingerprint density at radius 2 is 1.95 bits per heavy atom. The Morgan fingerprint density at radius 1 is 1.26 bits per heavy atom. The first-order chi connectivity index (χ1) is 8.99. The summed E-state index contributed by atoms with van der Waals surface area (Å²) in [5.74, 6) is 0. The van der Waals surface area contributed by atoms with Crippen LogP contribution in [0.5, 0.6) is 0 Å². The zero-order valence-corrected chi connectivity index (χ0v) is 11.8. The van der Waals surface area contributed by atoms with E-state index in [-0.39, 0.29) is 0 Å². The highest BCUT2D eigenvalue weighted by molar-refractivity contribution is 7.94. The van der Waals surface area contributed by atoms with Crippen LogP contribution < -0.4 is 4.72 Å². The van der Waals surface area contributed by atoms with E-state index in [0.717, 1.165) is 5.57 Å². The van der Waals surface area contributed by atoms with E-state index in [0.29, 0.717) is 12.1 Å². The van der Waals surface area contributed by atoms with Crippen molar-refractivity contribution in [3.8, 4) is 0 Å². The highest BCUT2D eigenvalue weighted by atomic mass is 32.2. The largest absolute Gasteiger partial charge is 0.357 e. The number of allylic oxidation sites excluding steroid dienone is 2. The number of benzene rings is 1. The second-order valence-corrected chi connectivity index (χ2v) is 6.38. The summed E-state index contributed by atoms with van der Waals surface area (Å²) in [7, 11) is -2.27. The standard InChI is InChI=1S/C14H17NO3S/c1-12-8-10-14(18-2,11-9-12)19(16,17)15-13-6-4-3-5-7-13/h3-10,15H,11H2,1-2H3. The van der Waals surface area contributed by atoms with Gasteiger partial charge in [-0.15, -0.1) is 0 Å². The summed E-state index contributed by atoms with van der Waals surface area (Å²) in [5.41, 5.74) is 1.56. The quantitative estimate of drug-likeness (QED) is 0.922. The highest BCUT2D eigenvalue weighted by Crippen LogP contribution is 2.31. The number of para-hydroxylation sites is 1. The highest BCUT2D eigenvalue weighted by Gasteiger charge is 2.42. The lowest BCUT2D eigenvalue weighted by molar-refractivity contribution is 0.103. The molecule has 102 valence electrons. The summed E-state index contributed by atoms with van der Waals surface area (Å²) in [6.07, 6.45) is 5.51. The molecule has 1 aliphatic carbocycles. The smallest absolute Gasteiger partial charge is 0.267 e. The maximum Gasteiger partial charge on any atom is 0.267 e. The number of ether oxygens (including phenoxy) is 1. The Balaban J connectivity index is 2.31. The molecule has 0 aromatic heterocycles. The van der Waals surface area contributed by atoms with Crippen LogP contribution in [0.25, 0.3) is 0 Å². The van der Waals surface area contributed by atoms with Gasteiger partial charge in [-0.05, 0) is 25.1 Å². The number of hydrogen-bond donors (Lipinski definition) is 1. The number of hydrogen-bond acceptors (Lipinski definition) is 3. The fourth-order valence-corrected chi connectivity index (χ4v) is 3.29. The minimum Gasteiger partial charge on any atom is -0.357 e. The number of rotatable bonds is 4. The third kappa shape index (κ3) is 2.72. The fraction of sp³-hybridized carbons (Fsp3) is 0.286. The molecule has 0 aliphatic heterocycles. The molecule has 1 N–H and O–H groups in total. The Hall–Kier alpha value is -1.59. The van der Waals surface area contributed by atoms with Gasteiger partial charge >= 0.3 is 0 Å². The van der Waals surface area contributed by atoms with Crippen molar-refractivity contribution >= 4 is 15.7 Å². The second-order valence-electron chi connectivity index (χ2n) is 4.47. The maximum absolute atomic E-state index is 12.5. The van der Waals surface area contributed by atoms with Gasteiger partial charge in [-0.3, -0.25) is 4.72 Å². The van der Waals surface area contributed by atoms with E-state index in [1.807, 2.05) is 19.1 Å². The summed E-state index contributed by atoms with van der Waals surface area (Å²) in [6.45, 7) is 1.92. The van der Waals surface area contributed by atoms with Crippen molar-refractivity contribution < 1.29 is 13.2 Å². The first-order valence-corrected chi connectivity index (χ1v) is 7.46. The molecule has 4 nitrogen and oxygen atoms in total. The van der Waals surface area contributed by atoms with Gasteiger partial charge in [0.25, 0.3) is 10.0 Å². The monoisotopic (exact) mass is 279 g/mol. The van der Waals surface area contributed by atoms with Crippen molar-refractivity contribution in [1.82, 2.24) is 0 Å². The van der Waals surface area contributed by atoms with Gasteiger partial charge in [-0.1, -0.05) is 35.9 Å². The van der Waals surface area contributed by atoms with Gasteiger partial charge in [0.15, 0.2) is 0 Å². The molecule has 2 rings (SSSR count). The molecule has 0 saturated heterocycles. The van der Waals surface area contributed by atoms with Crippen LogP contribution in [-0.4, -0.2) is 20.5 Å². The molecule has 0 bridgehead atoms. The van der Waals surface area contributed by atoms with Gasteiger partial charge in [0.05, 0.1) is 0 Å². The van der Waals surface area contributed by atoms with Crippen molar-refractivity contribution in [2.24, 2.45) is 0 Å². The van der Waals surface area contributed by atoms with Gasteiger partial charge in [-0.2, -0.15) is 0 Å². The van der Waals surface area contributed by atoms with Gasteiger partial charge in [0.2, 0.25) is 4.93 Å². The molecule has 0 amide bonds. The van der Waals surface area contributed by atoms with Crippen LogP contribution >= 0.6 is 0 Å². The van der Waals surface area contributed by atoms with Crippen molar-refractivity contribution in [2.75, 3.05) is 11.8 Å². The van der Waals surface area contributed by atoms with Crippen molar-refractivity contribution in [3.05, 3.63) is 54.1 Å². The minimum absolute atomic E-state index is 0.300. The second kappa shape index (κ2) is 5.19. The molecule has 0 saturated carbocycles. The average molecular weight is 279 g/mol. The summed E-state index contributed by atoms with van der Waals surface area (Å²) in [6, 6.07) is 8.79. The Kier molecular flexibility index (Phi) is 3.78. The normalized spacial score (nSPS) is 22.9. The van der Waals surface area contributed by atoms with Crippen LogP contribution in [-0.2, 0) is 14.8 Å². The van der Waals surface area contributed by atoms with E-state index in [4.69, 9.17) is 4.74 Å². The number of nitrogens with one attached hydrogen (secondary N) is 1. The molecule has 1 aromatic rings. The molecule has 1 aliphatic rings. The average Bonchev–Trinajstić information content (AvgIpc) is 2.40. The third-order valence-corrected chi connectivity index (χ3v) is 5.02. The predicted octanol–water partition coefficient (Wildman–Crippen LogP) is 2.68. The summed E-state index contributed by atoms with van der Waals surface area (Å²) < 4.78 is 32.8. The summed E-state index contributed by atoms with van der Waals surface area (Å²) in [5, 5.41) is 0. The maximum atomic E-state index is 12.5. The minimum atomic E-state index is -3.68. The van der Waals surface area contributed by atoms with Gasteiger partial charge in [-0.25, -0.2) is 8.42 Å². The molecule has 1 aromatic carbocycles. The first-order valence-electron chi connectivity index (χ1n) is 5.98. The number of methoxy groups -OCH3 is 1. The van der Waals surface area contributed by atoms with E-state index >= 15 is 0 Å².